The van der Waals surface area contributed by atoms with Crippen LogP contribution < -0.4 is 5.32 Å². The smallest absolute Gasteiger partial charge is 0.449 e. The number of carbonyl (C=O) groups is 2. The van der Waals surface area contributed by atoms with Gasteiger partial charge < -0.3 is 15.0 Å². The maximum atomic E-state index is 13.2. The number of H-pyrrole nitrogens is 1. The summed E-state index contributed by atoms with van der Waals surface area (Å²) in [5, 5.41) is 14.1. The number of non-ortho nitro benzene ring substituents is 1. The van der Waals surface area contributed by atoms with Crippen LogP contribution in [0.1, 0.15) is 43.7 Å². The van der Waals surface area contributed by atoms with Crippen molar-refractivity contribution in [1.82, 2.24) is 15.3 Å². The van der Waals surface area contributed by atoms with Crippen molar-refractivity contribution in [2.45, 2.75) is 12.2 Å². The van der Waals surface area contributed by atoms with Crippen molar-refractivity contribution in [3.8, 4) is 0 Å². The van der Waals surface area contributed by atoms with E-state index in [0.717, 1.165) is 25.3 Å². The van der Waals surface area contributed by atoms with Crippen LogP contribution >= 0.6 is 0 Å². The molecule has 0 aliphatic heterocycles. The highest BCUT2D eigenvalue weighted by atomic mass is 19.4. The minimum absolute atomic E-state index is 0.0885. The number of benzene rings is 3. The van der Waals surface area contributed by atoms with Crippen LogP contribution in [0, 0.1) is 10.1 Å². The molecule has 0 saturated heterocycles. The second-order valence-electron chi connectivity index (χ2n) is 7.69. The Morgan fingerprint density at radius 2 is 1.72 bits per heavy atom. The van der Waals surface area contributed by atoms with Crippen LogP contribution in [0.5, 0.6) is 0 Å². The first kappa shape index (κ1) is 24.4. The van der Waals surface area contributed by atoms with Gasteiger partial charge in [-0.2, -0.15) is 13.2 Å². The van der Waals surface area contributed by atoms with Crippen molar-refractivity contribution in [2.75, 3.05) is 7.11 Å². The molecule has 1 amide bonds. The number of aromatic amines is 1. The van der Waals surface area contributed by atoms with E-state index in [2.05, 4.69) is 20.0 Å². The number of hydrogen-bond acceptors (Lipinski definition) is 6. The Hall–Kier alpha value is -4.74. The fraction of sp³-hybridized carbons (Fsp3) is 0.125. The fourth-order valence-corrected chi connectivity index (χ4v) is 3.64. The molecule has 0 bridgehead atoms. The van der Waals surface area contributed by atoms with Crippen LogP contribution in [0.3, 0.4) is 0 Å². The van der Waals surface area contributed by atoms with Crippen molar-refractivity contribution in [1.29, 1.82) is 0 Å². The van der Waals surface area contributed by atoms with Gasteiger partial charge in [0, 0.05) is 17.7 Å². The summed E-state index contributed by atoms with van der Waals surface area (Å²) in [6, 6.07) is 15.2. The van der Waals surface area contributed by atoms with Crippen molar-refractivity contribution in [2.24, 2.45) is 0 Å². The normalized spacial score (nSPS) is 12.2. The summed E-state index contributed by atoms with van der Waals surface area (Å²) in [5.74, 6) is -2.77. The van der Waals surface area contributed by atoms with E-state index in [4.69, 9.17) is 0 Å². The Bertz CT molecular complexity index is 1470. The summed E-state index contributed by atoms with van der Waals surface area (Å²) in [7, 11) is 1.10. The standard InChI is InChI=1S/C24H17F3N4O5/c1-36-22(33)16-9-15(10-17(11-16)31(34)35)21(32)30-20(13-5-3-2-4-6-13)14-7-8-18-19(12-14)29-23(28-18)24(25,26)27/h2-12,20H,1H3,(H,28,29)(H,30,32). The van der Waals surface area contributed by atoms with Gasteiger partial charge in [0.05, 0.1) is 34.7 Å². The molecule has 2 N–H and O–H groups in total. The highest BCUT2D eigenvalue weighted by Crippen LogP contribution is 2.31. The van der Waals surface area contributed by atoms with Gasteiger partial charge in [0.25, 0.3) is 11.6 Å². The minimum atomic E-state index is -4.66. The number of amides is 1. The topological polar surface area (TPSA) is 127 Å². The number of methoxy groups -OCH3 is 1. The van der Waals surface area contributed by atoms with Crippen LogP contribution in [0.4, 0.5) is 18.9 Å². The Labute approximate surface area is 201 Å². The molecule has 0 radical (unpaired) electrons. The van der Waals surface area contributed by atoms with Crippen molar-refractivity contribution >= 4 is 28.6 Å². The third-order valence-corrected chi connectivity index (χ3v) is 5.33. The average molecular weight is 498 g/mol. The number of alkyl halides is 3. The van der Waals surface area contributed by atoms with Gasteiger partial charge in [-0.15, -0.1) is 0 Å². The number of aromatic nitrogens is 2. The SMILES string of the molecule is COC(=O)c1cc(C(=O)NC(c2ccccc2)c2ccc3nc(C(F)(F)F)[nH]c3c2)cc([N+](=O)[O-])c1. The third-order valence-electron chi connectivity index (χ3n) is 5.33. The Morgan fingerprint density at radius 1 is 1.03 bits per heavy atom. The quantitative estimate of drug-likeness (QED) is 0.223. The number of hydrogen-bond donors (Lipinski definition) is 2. The number of fused-ring (bicyclic) bond motifs is 1. The van der Waals surface area contributed by atoms with Gasteiger partial charge in [-0.3, -0.25) is 14.9 Å². The molecule has 1 unspecified atom stereocenters. The molecule has 3 aromatic carbocycles. The highest BCUT2D eigenvalue weighted by molar-refractivity contribution is 5.99. The van der Waals surface area contributed by atoms with E-state index >= 15 is 0 Å². The predicted molar refractivity (Wildman–Crippen MR) is 121 cm³/mol. The van der Waals surface area contributed by atoms with E-state index in [9.17, 15) is 32.9 Å². The molecule has 1 heterocycles. The average Bonchev–Trinajstić information content (AvgIpc) is 3.31. The van der Waals surface area contributed by atoms with Crippen molar-refractivity contribution in [3.05, 3.63) is 105 Å². The molecule has 0 saturated carbocycles. The van der Waals surface area contributed by atoms with E-state index in [1.165, 1.54) is 18.2 Å². The van der Waals surface area contributed by atoms with Crippen LogP contribution in [0.2, 0.25) is 0 Å². The molecule has 4 rings (SSSR count). The summed E-state index contributed by atoms with van der Waals surface area (Å²) >= 11 is 0. The number of nitro benzene ring substituents is 1. The first-order chi connectivity index (χ1) is 17.1. The lowest BCUT2D eigenvalue weighted by atomic mass is 9.97. The largest absolute Gasteiger partial charge is 0.465 e. The monoisotopic (exact) mass is 498 g/mol. The second-order valence-corrected chi connectivity index (χ2v) is 7.69. The number of nitrogens with one attached hydrogen (secondary N) is 2. The number of esters is 1. The van der Waals surface area contributed by atoms with Crippen LogP contribution in [-0.4, -0.2) is 33.9 Å². The molecule has 0 aliphatic rings. The molecule has 36 heavy (non-hydrogen) atoms. The Kier molecular flexibility index (Phi) is 6.43. The maximum absolute atomic E-state index is 13.2. The molecule has 12 heteroatoms. The van der Waals surface area contributed by atoms with Crippen molar-refractivity contribution in [3.63, 3.8) is 0 Å². The molecule has 184 valence electrons. The fourth-order valence-electron chi connectivity index (χ4n) is 3.64. The van der Waals surface area contributed by atoms with Gasteiger partial charge in [-0.1, -0.05) is 36.4 Å². The zero-order chi connectivity index (χ0) is 26.0. The van der Waals surface area contributed by atoms with E-state index < -0.39 is 40.5 Å². The highest BCUT2D eigenvalue weighted by Gasteiger charge is 2.35. The molecule has 0 aliphatic carbocycles. The number of carbonyl (C=O) groups excluding carboxylic acids is 2. The number of imidazole rings is 1. The Morgan fingerprint density at radius 3 is 2.36 bits per heavy atom. The number of halogens is 3. The lowest BCUT2D eigenvalue weighted by Crippen LogP contribution is -2.29. The molecule has 4 aromatic rings. The first-order valence-corrected chi connectivity index (χ1v) is 10.4. The zero-order valence-corrected chi connectivity index (χ0v) is 18.5. The minimum Gasteiger partial charge on any atom is -0.465 e. The van der Waals surface area contributed by atoms with Gasteiger partial charge in [0.1, 0.15) is 0 Å². The Balaban J connectivity index is 1.75. The molecule has 0 spiro atoms. The van der Waals surface area contributed by atoms with E-state index in [1.807, 2.05) is 0 Å². The number of rotatable bonds is 6. The first-order valence-electron chi connectivity index (χ1n) is 10.4. The van der Waals surface area contributed by atoms with Crippen LogP contribution in [-0.2, 0) is 10.9 Å². The summed E-state index contributed by atoms with van der Waals surface area (Å²) in [6.45, 7) is 0. The lowest BCUT2D eigenvalue weighted by Gasteiger charge is -2.20. The molecule has 9 nitrogen and oxygen atoms in total. The molecule has 0 fully saturated rings. The zero-order valence-electron chi connectivity index (χ0n) is 18.5. The van der Waals surface area contributed by atoms with Gasteiger partial charge in [0.2, 0.25) is 5.82 Å². The summed E-state index contributed by atoms with van der Waals surface area (Å²) in [4.78, 5) is 41.5. The molecule has 1 atom stereocenters. The third kappa shape index (κ3) is 5.02. The van der Waals surface area contributed by atoms with Crippen LogP contribution in [0.25, 0.3) is 11.0 Å². The van der Waals surface area contributed by atoms with Gasteiger partial charge in [-0.25, -0.2) is 9.78 Å². The summed E-state index contributed by atoms with van der Waals surface area (Å²) in [6.07, 6.45) is -4.66. The van der Waals surface area contributed by atoms with Crippen molar-refractivity contribution < 1.29 is 32.4 Å². The number of nitrogens with zero attached hydrogens (tertiary/aromatic N) is 2. The lowest BCUT2D eigenvalue weighted by molar-refractivity contribution is -0.384. The molecular formula is C24H17F3N4O5. The summed E-state index contributed by atoms with van der Waals surface area (Å²) in [5.41, 5.74) is 0.374. The number of nitro groups is 1. The van der Waals surface area contributed by atoms with Gasteiger partial charge in [-0.05, 0) is 29.3 Å². The molecule has 1 aromatic heterocycles. The van der Waals surface area contributed by atoms with Gasteiger partial charge >= 0.3 is 12.1 Å². The second kappa shape index (κ2) is 9.49. The van der Waals surface area contributed by atoms with Gasteiger partial charge in [0.15, 0.2) is 0 Å². The molecular weight excluding hydrogens is 481 g/mol. The van der Waals surface area contributed by atoms with E-state index in [1.54, 1.807) is 30.3 Å². The predicted octanol–water partition coefficient (Wildman–Crippen LogP) is 4.80. The summed E-state index contributed by atoms with van der Waals surface area (Å²) < 4.78 is 43.9. The van der Waals surface area contributed by atoms with E-state index in [-0.39, 0.29) is 22.2 Å². The number of ether oxygens (including phenoxy) is 1. The maximum Gasteiger partial charge on any atom is 0.449 e. The van der Waals surface area contributed by atoms with E-state index in [0.29, 0.717) is 11.1 Å². The van der Waals surface area contributed by atoms with Crippen LogP contribution in [0.15, 0.2) is 66.7 Å².